The zero-order chi connectivity index (χ0) is 32.2. The molecule has 0 bridgehead atoms. The van der Waals surface area contributed by atoms with Gasteiger partial charge in [0.25, 0.3) is 0 Å². The number of hydrogen-bond acceptors (Lipinski definition) is 2. The molecule has 0 radical (unpaired) electrons. The number of rotatable bonds is 1. The van der Waals surface area contributed by atoms with Crippen LogP contribution in [0.25, 0.3) is 33.1 Å². The second-order valence-corrected chi connectivity index (χ2v) is 10.2. The molecule has 0 unspecified atom stereocenters. The van der Waals surface area contributed by atoms with E-state index < -0.39 is 58.0 Å². The lowest BCUT2D eigenvalue weighted by atomic mass is 9.96. The molecule has 0 amide bonds. The van der Waals surface area contributed by atoms with Crippen molar-refractivity contribution in [1.82, 2.24) is 9.97 Å². The lowest BCUT2D eigenvalue weighted by Gasteiger charge is -2.18. The summed E-state index contributed by atoms with van der Waals surface area (Å²) in [6.07, 6.45) is -10.1. The third-order valence-electron chi connectivity index (χ3n) is 6.19. The highest BCUT2D eigenvalue weighted by atomic mass is 35.5. The van der Waals surface area contributed by atoms with Gasteiger partial charge in [0.2, 0.25) is 0 Å². The molecule has 0 aliphatic carbocycles. The monoisotopic (exact) mass is 672 g/mol. The van der Waals surface area contributed by atoms with E-state index in [1.54, 1.807) is 6.92 Å². The van der Waals surface area contributed by atoms with Gasteiger partial charge in [-0.25, -0.2) is 27.5 Å². The van der Waals surface area contributed by atoms with Crippen LogP contribution in [0, 0.1) is 37.1 Å². The van der Waals surface area contributed by atoms with Gasteiger partial charge in [0, 0.05) is 35.4 Å². The molecule has 0 N–H and O–H groups in total. The predicted octanol–water partition coefficient (Wildman–Crippen LogP) is 11.3. The molecule has 2 aromatic heterocycles. The van der Waals surface area contributed by atoms with Gasteiger partial charge in [-0.2, -0.15) is 26.3 Å². The number of benzene rings is 3. The van der Waals surface area contributed by atoms with Crippen molar-refractivity contribution < 1.29 is 43.9 Å². The zero-order valence-electron chi connectivity index (χ0n) is 21.3. The fraction of sp³-hybridized carbons (Fsp3) is 0.143. The van der Waals surface area contributed by atoms with E-state index in [4.69, 9.17) is 34.8 Å². The number of aromatic nitrogens is 2. The molecule has 0 aliphatic rings. The normalized spacial score (nSPS) is 12.1. The Hall–Kier alpha value is -3.35. The average molecular weight is 674 g/mol. The number of alkyl halides is 6. The molecule has 2 nitrogen and oxygen atoms in total. The molecule has 226 valence electrons. The third kappa shape index (κ3) is 6.46. The van der Waals surface area contributed by atoms with Gasteiger partial charge in [-0.05, 0) is 31.5 Å². The van der Waals surface area contributed by atoms with E-state index in [0.29, 0.717) is 23.8 Å². The standard InChI is InChI=1S/C18H8ClF8N.C10H5Cl2F2N/c1-7-15(19)14-12(21)5-9(20)6-13(14)28-16(7)10-3-2-8(17(22,23)24)4-11(10)18(25,26)27;1-4-9(11)8-6(14)2-5(13)3-7(8)15-10(4)12/h2-6H,1H3;2-3H,1H3. The van der Waals surface area contributed by atoms with Crippen molar-refractivity contribution >= 4 is 56.6 Å². The Bertz CT molecular complexity index is 1900. The first-order chi connectivity index (χ1) is 19.8. The molecule has 15 heteroatoms. The molecule has 0 fully saturated rings. The molecular weight excluding hydrogens is 661 g/mol. The van der Waals surface area contributed by atoms with Gasteiger partial charge in [0.1, 0.15) is 28.4 Å². The van der Waals surface area contributed by atoms with Crippen molar-refractivity contribution in [2.75, 3.05) is 0 Å². The molecule has 5 rings (SSSR count). The fourth-order valence-corrected chi connectivity index (χ4v) is 4.91. The second-order valence-electron chi connectivity index (χ2n) is 9.06. The molecule has 2 heterocycles. The van der Waals surface area contributed by atoms with Gasteiger partial charge in [-0.15, -0.1) is 0 Å². The van der Waals surface area contributed by atoms with Crippen molar-refractivity contribution in [3.05, 3.63) is 103 Å². The Kier molecular flexibility index (Phi) is 8.80. The van der Waals surface area contributed by atoms with Crippen LogP contribution in [0.2, 0.25) is 15.2 Å². The van der Waals surface area contributed by atoms with E-state index in [0.717, 1.165) is 18.2 Å². The Morgan fingerprint density at radius 1 is 0.605 bits per heavy atom. The summed E-state index contributed by atoms with van der Waals surface area (Å²) in [6, 6.07) is 4.20. The van der Waals surface area contributed by atoms with E-state index in [-0.39, 0.29) is 48.6 Å². The fourth-order valence-electron chi connectivity index (χ4n) is 4.12. The summed E-state index contributed by atoms with van der Waals surface area (Å²) in [6.45, 7) is 2.87. The maximum atomic E-state index is 14.0. The SMILES string of the molecule is Cc1c(-c2ccc(C(F)(F)F)cc2C(F)(F)F)nc2cc(F)cc(F)c2c1Cl.Cc1c(Cl)nc2cc(F)cc(F)c2c1Cl. The summed E-state index contributed by atoms with van der Waals surface area (Å²) >= 11 is 17.7. The minimum atomic E-state index is -5.14. The van der Waals surface area contributed by atoms with Crippen molar-refractivity contribution in [1.29, 1.82) is 0 Å². The van der Waals surface area contributed by atoms with Gasteiger partial charge in [0.05, 0.1) is 48.7 Å². The van der Waals surface area contributed by atoms with Crippen LogP contribution in [-0.4, -0.2) is 9.97 Å². The van der Waals surface area contributed by atoms with Gasteiger partial charge in [0.15, 0.2) is 0 Å². The molecule has 0 spiro atoms. The van der Waals surface area contributed by atoms with Crippen LogP contribution >= 0.6 is 34.8 Å². The molecule has 0 saturated heterocycles. The number of hydrogen-bond donors (Lipinski definition) is 0. The molecule has 0 atom stereocenters. The molecule has 0 saturated carbocycles. The average Bonchev–Trinajstić information content (AvgIpc) is 2.87. The van der Waals surface area contributed by atoms with E-state index in [2.05, 4.69) is 9.97 Å². The summed E-state index contributed by atoms with van der Waals surface area (Å²) in [5.74, 6) is -3.54. The highest BCUT2D eigenvalue weighted by molar-refractivity contribution is 6.39. The topological polar surface area (TPSA) is 25.8 Å². The van der Waals surface area contributed by atoms with Gasteiger partial charge in [-0.3, -0.25) is 0 Å². The molecule has 3 aromatic carbocycles. The van der Waals surface area contributed by atoms with Gasteiger partial charge >= 0.3 is 12.4 Å². The van der Waals surface area contributed by atoms with Crippen LogP contribution in [0.4, 0.5) is 43.9 Å². The molecule has 5 aromatic rings. The highest BCUT2D eigenvalue weighted by Gasteiger charge is 2.39. The highest BCUT2D eigenvalue weighted by Crippen LogP contribution is 2.43. The van der Waals surface area contributed by atoms with Crippen molar-refractivity contribution in [3.63, 3.8) is 0 Å². The minimum Gasteiger partial charge on any atom is -0.247 e. The quantitative estimate of drug-likeness (QED) is 0.131. The van der Waals surface area contributed by atoms with Crippen molar-refractivity contribution in [2.45, 2.75) is 26.2 Å². The summed E-state index contributed by atoms with van der Waals surface area (Å²) in [7, 11) is 0. The van der Waals surface area contributed by atoms with Gasteiger partial charge < -0.3 is 0 Å². The summed E-state index contributed by atoms with van der Waals surface area (Å²) < 4.78 is 133. The molecule has 43 heavy (non-hydrogen) atoms. The first-order valence-electron chi connectivity index (χ1n) is 11.6. The van der Waals surface area contributed by atoms with E-state index in [1.807, 2.05) is 0 Å². The van der Waals surface area contributed by atoms with Crippen LogP contribution in [0.1, 0.15) is 22.3 Å². The zero-order valence-corrected chi connectivity index (χ0v) is 23.6. The Morgan fingerprint density at radius 3 is 1.58 bits per heavy atom. The van der Waals surface area contributed by atoms with Crippen LogP contribution in [0.5, 0.6) is 0 Å². The third-order valence-corrected chi connectivity index (χ3v) is 7.50. The van der Waals surface area contributed by atoms with E-state index >= 15 is 0 Å². The number of halogens is 13. The maximum absolute atomic E-state index is 14.0. The number of pyridine rings is 2. The largest absolute Gasteiger partial charge is 0.417 e. The minimum absolute atomic E-state index is 0.0410. The van der Waals surface area contributed by atoms with E-state index in [9.17, 15) is 43.9 Å². The maximum Gasteiger partial charge on any atom is 0.417 e. The van der Waals surface area contributed by atoms with Crippen LogP contribution in [0.3, 0.4) is 0 Å². The van der Waals surface area contributed by atoms with E-state index in [1.165, 1.54) is 6.92 Å². The smallest absolute Gasteiger partial charge is 0.247 e. The molecule has 0 aliphatic heterocycles. The predicted molar refractivity (Wildman–Crippen MR) is 143 cm³/mol. The Morgan fingerprint density at radius 2 is 1.09 bits per heavy atom. The molecular formula is C28H13Cl3F10N2. The lowest BCUT2D eigenvalue weighted by Crippen LogP contribution is -2.12. The second kappa shape index (κ2) is 11.6. The first kappa shape index (κ1) is 32.6. The van der Waals surface area contributed by atoms with Crippen molar-refractivity contribution in [2.24, 2.45) is 0 Å². The van der Waals surface area contributed by atoms with Crippen LogP contribution < -0.4 is 0 Å². The van der Waals surface area contributed by atoms with Crippen molar-refractivity contribution in [3.8, 4) is 11.3 Å². The summed E-state index contributed by atoms with van der Waals surface area (Å²) in [5, 5.41) is -0.199. The Balaban J connectivity index is 0.000000237. The van der Waals surface area contributed by atoms with Gasteiger partial charge in [-0.1, -0.05) is 40.9 Å². The summed E-state index contributed by atoms with van der Waals surface area (Å²) in [5.41, 5.74) is -4.06. The number of nitrogens with zero attached hydrogens (tertiary/aromatic N) is 2. The summed E-state index contributed by atoms with van der Waals surface area (Å²) in [4.78, 5) is 7.71. The van der Waals surface area contributed by atoms with Crippen LogP contribution in [0.15, 0.2) is 42.5 Å². The first-order valence-corrected chi connectivity index (χ1v) is 12.8. The number of fused-ring (bicyclic) bond motifs is 2. The Labute approximate surface area is 250 Å². The van der Waals surface area contributed by atoms with Crippen LogP contribution in [-0.2, 0) is 12.4 Å². The lowest BCUT2D eigenvalue weighted by molar-refractivity contribution is -0.142.